The van der Waals surface area contributed by atoms with Crippen LogP contribution < -0.4 is 5.32 Å². The Hall–Kier alpha value is -0.0800. The number of aliphatic hydroxyl groups excluding tert-OH is 1. The van der Waals surface area contributed by atoms with Crippen molar-refractivity contribution in [3.05, 3.63) is 0 Å². The van der Waals surface area contributed by atoms with Crippen molar-refractivity contribution >= 4 is 0 Å². The van der Waals surface area contributed by atoms with E-state index in [1.165, 1.54) is 25.7 Å². The van der Waals surface area contributed by atoms with Crippen LogP contribution in [0.2, 0.25) is 0 Å². The third kappa shape index (κ3) is 1.27. The molecule has 2 fully saturated rings. The van der Waals surface area contributed by atoms with Gasteiger partial charge in [0, 0.05) is 6.04 Å². The van der Waals surface area contributed by atoms with Gasteiger partial charge in [0.1, 0.15) is 0 Å². The number of rotatable bonds is 1. The molecule has 0 heterocycles. The molecule has 2 unspecified atom stereocenters. The van der Waals surface area contributed by atoms with E-state index in [2.05, 4.69) is 5.32 Å². The summed E-state index contributed by atoms with van der Waals surface area (Å²) in [5.41, 5.74) is 0. The number of likely N-dealkylation sites (N-methyl/N-ethyl adjacent to an activating group) is 1. The molecular weight excluding hydrogens is 150 g/mol. The SMILES string of the molecule is CN[C@H]1C2CCCCC2C[C@H]1O. The summed E-state index contributed by atoms with van der Waals surface area (Å²) in [5, 5.41) is 13.0. The van der Waals surface area contributed by atoms with Crippen molar-refractivity contribution in [3.8, 4) is 0 Å². The van der Waals surface area contributed by atoms with Gasteiger partial charge in [0.2, 0.25) is 0 Å². The minimum Gasteiger partial charge on any atom is -0.391 e. The monoisotopic (exact) mass is 169 g/mol. The van der Waals surface area contributed by atoms with Crippen LogP contribution in [-0.4, -0.2) is 24.3 Å². The summed E-state index contributed by atoms with van der Waals surface area (Å²) in [4.78, 5) is 0. The van der Waals surface area contributed by atoms with E-state index in [1.807, 2.05) is 7.05 Å². The highest BCUT2D eigenvalue weighted by molar-refractivity contribution is 4.96. The van der Waals surface area contributed by atoms with Crippen LogP contribution >= 0.6 is 0 Å². The van der Waals surface area contributed by atoms with Crippen molar-refractivity contribution < 1.29 is 5.11 Å². The van der Waals surface area contributed by atoms with E-state index in [4.69, 9.17) is 0 Å². The van der Waals surface area contributed by atoms with Gasteiger partial charge in [-0.3, -0.25) is 0 Å². The molecule has 0 aromatic rings. The summed E-state index contributed by atoms with van der Waals surface area (Å²) < 4.78 is 0. The molecule has 12 heavy (non-hydrogen) atoms. The molecule has 0 radical (unpaired) electrons. The normalized spacial score (nSPS) is 47.5. The molecule has 0 aromatic carbocycles. The summed E-state index contributed by atoms with van der Waals surface area (Å²) in [6, 6.07) is 0.385. The highest BCUT2D eigenvalue weighted by Crippen LogP contribution is 2.42. The average Bonchev–Trinajstić information content (AvgIpc) is 2.40. The van der Waals surface area contributed by atoms with Gasteiger partial charge >= 0.3 is 0 Å². The lowest BCUT2D eigenvalue weighted by Gasteiger charge is -2.28. The number of fused-ring (bicyclic) bond motifs is 1. The summed E-state index contributed by atoms with van der Waals surface area (Å²) in [5.74, 6) is 1.57. The van der Waals surface area contributed by atoms with Crippen LogP contribution in [0, 0.1) is 11.8 Å². The molecule has 2 aliphatic rings. The van der Waals surface area contributed by atoms with Gasteiger partial charge in [0.25, 0.3) is 0 Å². The lowest BCUT2D eigenvalue weighted by Crippen LogP contribution is -2.39. The van der Waals surface area contributed by atoms with Crippen molar-refractivity contribution in [1.82, 2.24) is 5.32 Å². The van der Waals surface area contributed by atoms with E-state index in [-0.39, 0.29) is 6.10 Å². The van der Waals surface area contributed by atoms with Crippen LogP contribution in [0.3, 0.4) is 0 Å². The number of aliphatic hydroxyl groups is 1. The predicted molar refractivity (Wildman–Crippen MR) is 48.9 cm³/mol. The molecule has 0 aliphatic heterocycles. The van der Waals surface area contributed by atoms with Crippen LogP contribution in [0.25, 0.3) is 0 Å². The summed E-state index contributed by atoms with van der Waals surface area (Å²) >= 11 is 0. The molecule has 2 rings (SSSR count). The first-order chi connectivity index (χ1) is 5.83. The molecule has 0 aromatic heterocycles. The smallest absolute Gasteiger partial charge is 0.0698 e. The first kappa shape index (κ1) is 8.52. The minimum atomic E-state index is -0.0805. The molecule has 0 amide bonds. The van der Waals surface area contributed by atoms with Crippen molar-refractivity contribution in [2.75, 3.05) is 7.05 Å². The summed E-state index contributed by atoms with van der Waals surface area (Å²) in [6.07, 6.45) is 6.38. The van der Waals surface area contributed by atoms with Crippen molar-refractivity contribution in [1.29, 1.82) is 0 Å². The Balaban J connectivity index is 2.05. The molecule has 4 atom stereocenters. The van der Waals surface area contributed by atoms with E-state index in [1.54, 1.807) is 0 Å². The maximum Gasteiger partial charge on any atom is 0.0698 e. The lowest BCUT2D eigenvalue weighted by molar-refractivity contribution is 0.140. The molecule has 0 bridgehead atoms. The Kier molecular flexibility index (Phi) is 2.37. The molecular formula is C10H19NO. The second-order valence-corrected chi connectivity index (χ2v) is 4.33. The second-order valence-electron chi connectivity index (χ2n) is 4.33. The van der Waals surface area contributed by atoms with Gasteiger partial charge in [-0.1, -0.05) is 19.3 Å². The Bertz CT molecular complexity index is 160. The first-order valence-electron chi connectivity index (χ1n) is 5.18. The van der Waals surface area contributed by atoms with Crippen LogP contribution in [0.5, 0.6) is 0 Å². The average molecular weight is 169 g/mol. The van der Waals surface area contributed by atoms with Gasteiger partial charge in [0.15, 0.2) is 0 Å². The fraction of sp³-hybridized carbons (Fsp3) is 1.00. The zero-order valence-electron chi connectivity index (χ0n) is 7.79. The van der Waals surface area contributed by atoms with Crippen LogP contribution in [0.15, 0.2) is 0 Å². The molecule has 2 saturated carbocycles. The molecule has 0 saturated heterocycles. The van der Waals surface area contributed by atoms with E-state index >= 15 is 0 Å². The van der Waals surface area contributed by atoms with Crippen LogP contribution in [-0.2, 0) is 0 Å². The Labute approximate surface area is 74.4 Å². The zero-order valence-corrected chi connectivity index (χ0v) is 7.79. The fourth-order valence-corrected chi connectivity index (χ4v) is 3.15. The standard InChI is InChI=1S/C10H19NO/c1-11-10-8-5-3-2-4-7(8)6-9(10)12/h7-12H,2-6H2,1H3/t7?,8?,9-,10+/m1/s1. The highest BCUT2D eigenvalue weighted by atomic mass is 16.3. The maximum atomic E-state index is 9.76. The van der Waals surface area contributed by atoms with Gasteiger partial charge in [-0.2, -0.15) is 0 Å². The Morgan fingerprint density at radius 3 is 2.75 bits per heavy atom. The summed E-state index contributed by atoms with van der Waals surface area (Å²) in [6.45, 7) is 0. The molecule has 2 aliphatic carbocycles. The predicted octanol–water partition coefficient (Wildman–Crippen LogP) is 1.15. The molecule has 0 spiro atoms. The fourth-order valence-electron chi connectivity index (χ4n) is 3.15. The quantitative estimate of drug-likeness (QED) is 0.617. The van der Waals surface area contributed by atoms with E-state index in [0.29, 0.717) is 6.04 Å². The van der Waals surface area contributed by atoms with Gasteiger partial charge < -0.3 is 10.4 Å². The Morgan fingerprint density at radius 1 is 1.25 bits per heavy atom. The molecule has 2 heteroatoms. The zero-order chi connectivity index (χ0) is 8.55. The largest absolute Gasteiger partial charge is 0.391 e. The third-order valence-electron chi connectivity index (χ3n) is 3.72. The summed E-state index contributed by atoms with van der Waals surface area (Å²) in [7, 11) is 1.98. The lowest BCUT2D eigenvalue weighted by atomic mass is 9.80. The van der Waals surface area contributed by atoms with Crippen molar-refractivity contribution in [2.24, 2.45) is 11.8 Å². The van der Waals surface area contributed by atoms with Gasteiger partial charge in [-0.15, -0.1) is 0 Å². The Morgan fingerprint density at radius 2 is 2.00 bits per heavy atom. The second kappa shape index (κ2) is 3.35. The van der Waals surface area contributed by atoms with E-state index < -0.39 is 0 Å². The van der Waals surface area contributed by atoms with E-state index in [0.717, 1.165) is 18.3 Å². The minimum absolute atomic E-state index is 0.0805. The van der Waals surface area contributed by atoms with Crippen molar-refractivity contribution in [3.63, 3.8) is 0 Å². The van der Waals surface area contributed by atoms with Gasteiger partial charge in [0.05, 0.1) is 6.10 Å². The van der Waals surface area contributed by atoms with Crippen LogP contribution in [0.4, 0.5) is 0 Å². The molecule has 2 nitrogen and oxygen atoms in total. The number of hydrogen-bond acceptors (Lipinski definition) is 2. The molecule has 70 valence electrons. The first-order valence-corrected chi connectivity index (χ1v) is 5.18. The van der Waals surface area contributed by atoms with Gasteiger partial charge in [-0.05, 0) is 31.7 Å². The number of hydrogen-bond donors (Lipinski definition) is 2. The van der Waals surface area contributed by atoms with Crippen molar-refractivity contribution in [2.45, 2.75) is 44.2 Å². The maximum absolute atomic E-state index is 9.76. The third-order valence-corrected chi connectivity index (χ3v) is 3.72. The highest BCUT2D eigenvalue weighted by Gasteiger charge is 2.42. The molecule has 2 N–H and O–H groups in total. The number of nitrogens with one attached hydrogen (secondary N) is 1. The topological polar surface area (TPSA) is 32.3 Å². The van der Waals surface area contributed by atoms with Gasteiger partial charge in [-0.25, -0.2) is 0 Å². The van der Waals surface area contributed by atoms with Crippen LogP contribution in [0.1, 0.15) is 32.1 Å². The van der Waals surface area contributed by atoms with E-state index in [9.17, 15) is 5.11 Å².